The summed E-state index contributed by atoms with van der Waals surface area (Å²) in [5, 5.41) is 0. The average Bonchev–Trinajstić information content (AvgIpc) is 3.39. The predicted octanol–water partition coefficient (Wildman–Crippen LogP) is 6.41. The molecule has 2 aliphatic rings. The maximum atomic E-state index is 14.8. The number of para-hydroxylation sites is 1. The zero-order valence-corrected chi connectivity index (χ0v) is 22.4. The minimum absolute atomic E-state index is 0.0778. The van der Waals surface area contributed by atoms with Crippen LogP contribution >= 0.6 is 0 Å². The van der Waals surface area contributed by atoms with Crippen LogP contribution in [0.2, 0.25) is 0 Å². The highest BCUT2D eigenvalue weighted by Gasteiger charge is 2.66. The van der Waals surface area contributed by atoms with Gasteiger partial charge in [-0.15, -0.1) is 0 Å². The van der Waals surface area contributed by atoms with E-state index in [0.29, 0.717) is 18.7 Å². The fraction of sp³-hybridized carbons (Fsp3) is 0.235. The van der Waals surface area contributed by atoms with Crippen LogP contribution < -0.4 is 4.90 Å². The van der Waals surface area contributed by atoms with Crippen molar-refractivity contribution >= 4 is 17.4 Å². The number of amides is 1. The first-order chi connectivity index (χ1) is 18.8. The average molecular weight is 519 g/mol. The molecule has 1 fully saturated rings. The first-order valence-electron chi connectivity index (χ1n) is 13.4. The van der Waals surface area contributed by atoms with Crippen molar-refractivity contribution in [2.45, 2.75) is 31.8 Å². The quantitative estimate of drug-likeness (QED) is 0.287. The van der Waals surface area contributed by atoms with Crippen molar-refractivity contribution in [3.8, 4) is 0 Å². The molecule has 0 radical (unpaired) electrons. The SMILES string of the molecule is Cc1ccc(C)c(CN2C(=O)[C@]3(c4ccccc42)[C@@H](C(=O)c2ccccc2)[C@H](c2ccc(F)cc2)CN3C)c1. The van der Waals surface area contributed by atoms with Crippen LogP contribution in [0.3, 0.4) is 0 Å². The number of hydrogen-bond donors (Lipinski definition) is 0. The van der Waals surface area contributed by atoms with Crippen LogP contribution in [-0.4, -0.2) is 30.2 Å². The van der Waals surface area contributed by atoms with Gasteiger partial charge >= 0.3 is 0 Å². The van der Waals surface area contributed by atoms with Gasteiger partial charge in [0.2, 0.25) is 0 Å². The van der Waals surface area contributed by atoms with Gasteiger partial charge in [0, 0.05) is 29.3 Å². The van der Waals surface area contributed by atoms with Crippen LogP contribution in [0, 0.1) is 25.6 Å². The second-order valence-electron chi connectivity index (χ2n) is 10.9. The summed E-state index contributed by atoms with van der Waals surface area (Å²) in [6.45, 7) is 5.03. The van der Waals surface area contributed by atoms with Crippen molar-refractivity contribution in [3.05, 3.63) is 136 Å². The third kappa shape index (κ3) is 3.92. The summed E-state index contributed by atoms with van der Waals surface area (Å²) in [4.78, 5) is 33.2. The van der Waals surface area contributed by atoms with Crippen molar-refractivity contribution in [2.75, 3.05) is 18.5 Å². The van der Waals surface area contributed by atoms with Gasteiger partial charge in [0.05, 0.1) is 12.5 Å². The third-order valence-corrected chi connectivity index (χ3v) is 8.57. The van der Waals surface area contributed by atoms with E-state index in [4.69, 9.17) is 0 Å². The lowest BCUT2D eigenvalue weighted by atomic mass is 9.70. The van der Waals surface area contributed by atoms with Gasteiger partial charge in [0.25, 0.3) is 5.91 Å². The molecular formula is C34H31FN2O2. The van der Waals surface area contributed by atoms with Crippen molar-refractivity contribution in [1.82, 2.24) is 4.90 Å². The van der Waals surface area contributed by atoms with E-state index in [1.54, 1.807) is 12.1 Å². The molecule has 4 aromatic carbocycles. The number of anilines is 1. The normalized spacial score (nSPS) is 22.5. The van der Waals surface area contributed by atoms with Gasteiger partial charge in [0.15, 0.2) is 5.78 Å². The second-order valence-corrected chi connectivity index (χ2v) is 10.9. The molecule has 0 aromatic heterocycles. The number of carbonyl (C=O) groups is 2. The first-order valence-corrected chi connectivity index (χ1v) is 13.4. The number of ketones is 1. The molecule has 6 rings (SSSR count). The zero-order valence-electron chi connectivity index (χ0n) is 22.4. The molecule has 196 valence electrons. The fourth-order valence-corrected chi connectivity index (χ4v) is 6.66. The Morgan fingerprint density at radius 1 is 0.923 bits per heavy atom. The highest BCUT2D eigenvalue weighted by Crippen LogP contribution is 2.57. The molecule has 4 aromatic rings. The molecule has 0 aliphatic carbocycles. The molecular weight excluding hydrogens is 487 g/mol. The largest absolute Gasteiger partial charge is 0.306 e. The highest BCUT2D eigenvalue weighted by molar-refractivity contribution is 6.13. The zero-order chi connectivity index (χ0) is 27.3. The maximum absolute atomic E-state index is 14.8. The predicted molar refractivity (Wildman–Crippen MR) is 151 cm³/mol. The van der Waals surface area contributed by atoms with Crippen LogP contribution in [0.15, 0.2) is 97.1 Å². The smallest absolute Gasteiger partial charge is 0.253 e. The van der Waals surface area contributed by atoms with E-state index in [-0.39, 0.29) is 23.4 Å². The Hall–Kier alpha value is -4.09. The number of fused-ring (bicyclic) bond motifs is 2. The topological polar surface area (TPSA) is 40.6 Å². The maximum Gasteiger partial charge on any atom is 0.253 e. The molecule has 3 atom stereocenters. The monoisotopic (exact) mass is 518 g/mol. The molecule has 4 nitrogen and oxygen atoms in total. The number of nitrogens with zero attached hydrogens (tertiary/aromatic N) is 2. The molecule has 1 saturated heterocycles. The van der Waals surface area contributed by atoms with Gasteiger partial charge in [-0.2, -0.15) is 0 Å². The Bertz CT molecular complexity index is 1570. The summed E-state index contributed by atoms with van der Waals surface area (Å²) in [6, 6.07) is 29.7. The lowest BCUT2D eigenvalue weighted by molar-refractivity contribution is -0.129. The summed E-state index contributed by atoms with van der Waals surface area (Å²) in [5.74, 6) is -1.47. The van der Waals surface area contributed by atoms with E-state index in [1.807, 2.05) is 66.5 Å². The molecule has 1 spiro atoms. The molecule has 0 N–H and O–H groups in total. The van der Waals surface area contributed by atoms with E-state index in [2.05, 4.69) is 36.9 Å². The number of halogens is 1. The number of likely N-dealkylation sites (tertiary alicyclic amines) is 1. The number of aryl methyl sites for hydroxylation is 2. The van der Waals surface area contributed by atoms with E-state index in [9.17, 15) is 14.0 Å². The van der Waals surface area contributed by atoms with E-state index in [0.717, 1.165) is 33.5 Å². The minimum atomic E-state index is -1.18. The summed E-state index contributed by atoms with van der Waals surface area (Å²) < 4.78 is 13.9. The van der Waals surface area contributed by atoms with Gasteiger partial charge in [-0.05, 0) is 55.8 Å². The number of carbonyl (C=O) groups excluding carboxylic acids is 2. The number of benzene rings is 4. The Labute approximate surface area is 228 Å². The first kappa shape index (κ1) is 25.2. The molecule has 39 heavy (non-hydrogen) atoms. The Morgan fingerprint density at radius 3 is 2.36 bits per heavy atom. The van der Waals surface area contributed by atoms with Crippen LogP contribution in [0.4, 0.5) is 10.1 Å². The summed E-state index contributed by atoms with van der Waals surface area (Å²) in [6.07, 6.45) is 0. The molecule has 5 heteroatoms. The van der Waals surface area contributed by atoms with E-state index in [1.165, 1.54) is 12.1 Å². The lowest BCUT2D eigenvalue weighted by Crippen LogP contribution is -2.53. The van der Waals surface area contributed by atoms with Crippen molar-refractivity contribution in [2.24, 2.45) is 5.92 Å². The van der Waals surface area contributed by atoms with Gasteiger partial charge < -0.3 is 4.90 Å². The van der Waals surface area contributed by atoms with Gasteiger partial charge in [-0.1, -0.05) is 84.4 Å². The molecule has 0 bridgehead atoms. The molecule has 0 saturated carbocycles. The second kappa shape index (κ2) is 9.58. The molecule has 2 heterocycles. The van der Waals surface area contributed by atoms with Crippen molar-refractivity contribution in [3.63, 3.8) is 0 Å². The molecule has 1 amide bonds. The summed E-state index contributed by atoms with van der Waals surface area (Å²) in [7, 11) is 1.94. The standard InChI is InChI=1S/C34H31FN2O2/c1-22-13-14-23(2)26(19-22)20-37-30-12-8-7-11-29(30)34(33(37)39)31(32(38)25-9-5-4-6-10-25)28(21-36(34)3)24-15-17-27(35)18-16-24/h4-19,28,31H,20-21H2,1-3H3/t28-,31+,34-/m0/s1. The number of rotatable bonds is 5. The molecule has 2 aliphatic heterocycles. The Balaban J connectivity index is 1.54. The summed E-state index contributed by atoms with van der Waals surface area (Å²) >= 11 is 0. The van der Waals surface area contributed by atoms with Gasteiger partial charge in [-0.3, -0.25) is 14.5 Å². The highest BCUT2D eigenvalue weighted by atomic mass is 19.1. The van der Waals surface area contributed by atoms with Crippen LogP contribution in [0.5, 0.6) is 0 Å². The third-order valence-electron chi connectivity index (χ3n) is 8.57. The van der Waals surface area contributed by atoms with Crippen LogP contribution in [0.25, 0.3) is 0 Å². The molecule has 0 unspecified atom stereocenters. The van der Waals surface area contributed by atoms with Crippen molar-refractivity contribution in [1.29, 1.82) is 0 Å². The number of likely N-dealkylation sites (N-methyl/N-ethyl adjacent to an activating group) is 1. The summed E-state index contributed by atoms with van der Waals surface area (Å²) in [5.41, 5.74) is 5.26. The van der Waals surface area contributed by atoms with Gasteiger partial charge in [0.1, 0.15) is 11.4 Å². The number of hydrogen-bond acceptors (Lipinski definition) is 3. The lowest BCUT2D eigenvalue weighted by Gasteiger charge is -2.36. The van der Waals surface area contributed by atoms with Crippen LogP contribution in [-0.2, 0) is 16.9 Å². The van der Waals surface area contributed by atoms with Crippen molar-refractivity contribution < 1.29 is 14.0 Å². The fourth-order valence-electron chi connectivity index (χ4n) is 6.66. The van der Waals surface area contributed by atoms with Gasteiger partial charge in [-0.25, -0.2) is 4.39 Å². The Kier molecular flexibility index (Phi) is 6.19. The van der Waals surface area contributed by atoms with E-state index < -0.39 is 11.5 Å². The Morgan fingerprint density at radius 2 is 1.62 bits per heavy atom. The number of Topliss-reactive ketones (excluding diaryl/α,β-unsaturated/α-hetero) is 1. The van der Waals surface area contributed by atoms with E-state index >= 15 is 0 Å². The van der Waals surface area contributed by atoms with Crippen LogP contribution in [0.1, 0.15) is 44.1 Å². The minimum Gasteiger partial charge on any atom is -0.306 e.